The molecular weight excluding hydrogens is 188 g/mol. The van der Waals surface area contributed by atoms with Crippen LogP contribution in [0, 0.1) is 13.8 Å². The zero-order chi connectivity index (χ0) is 10.2. The quantitative estimate of drug-likeness (QED) is 0.705. The minimum Gasteiger partial charge on any atom is -0.507 e. The largest absolute Gasteiger partial charge is 0.507 e. The van der Waals surface area contributed by atoms with E-state index in [9.17, 15) is 9.90 Å². The lowest BCUT2D eigenvalue weighted by Crippen LogP contribution is -1.99. The van der Waals surface area contributed by atoms with E-state index >= 15 is 0 Å². The molecule has 0 saturated carbocycles. The molecule has 0 aromatic heterocycles. The highest BCUT2D eigenvalue weighted by molar-refractivity contribution is 6.32. The molecule has 1 aromatic carbocycles. The fourth-order valence-electron chi connectivity index (χ4n) is 1.29. The summed E-state index contributed by atoms with van der Waals surface area (Å²) in [6.45, 7) is 4.85. The van der Waals surface area contributed by atoms with Crippen LogP contribution >= 0.6 is 11.6 Å². The van der Waals surface area contributed by atoms with Gasteiger partial charge in [0, 0.05) is 5.02 Å². The first-order chi connectivity index (χ1) is 5.95. The molecule has 1 N–H and O–H groups in total. The van der Waals surface area contributed by atoms with Crippen LogP contribution < -0.4 is 0 Å². The highest BCUT2D eigenvalue weighted by Gasteiger charge is 2.14. The highest BCUT2D eigenvalue weighted by atomic mass is 35.5. The summed E-state index contributed by atoms with van der Waals surface area (Å²) in [5.74, 6) is -0.130. The van der Waals surface area contributed by atoms with Crippen LogP contribution in [0.4, 0.5) is 0 Å². The number of phenols is 1. The molecule has 1 rings (SSSR count). The summed E-state index contributed by atoms with van der Waals surface area (Å²) in [6, 6.07) is 1.65. The van der Waals surface area contributed by atoms with Crippen LogP contribution in [-0.2, 0) is 0 Å². The van der Waals surface area contributed by atoms with Gasteiger partial charge < -0.3 is 5.11 Å². The number of halogens is 1. The van der Waals surface area contributed by atoms with Crippen LogP contribution in [0.1, 0.15) is 28.4 Å². The van der Waals surface area contributed by atoms with E-state index in [1.54, 1.807) is 19.9 Å². The Balaban J connectivity index is 3.56. The van der Waals surface area contributed by atoms with E-state index in [-0.39, 0.29) is 11.5 Å². The van der Waals surface area contributed by atoms with Gasteiger partial charge in [0.2, 0.25) is 0 Å². The summed E-state index contributed by atoms with van der Waals surface area (Å²) in [4.78, 5) is 11.2. The standard InChI is InChI=1S/C10H11ClO2/c1-5-4-8(11)6(2)9(7(3)12)10(5)13/h4,13H,1-3H3. The Morgan fingerprint density at radius 1 is 1.46 bits per heavy atom. The van der Waals surface area contributed by atoms with Crippen molar-refractivity contribution >= 4 is 17.4 Å². The van der Waals surface area contributed by atoms with Crippen molar-refractivity contribution in [3.63, 3.8) is 0 Å². The van der Waals surface area contributed by atoms with E-state index in [1.807, 2.05) is 0 Å². The molecule has 0 aliphatic heterocycles. The molecule has 0 unspecified atom stereocenters. The molecule has 0 heterocycles. The summed E-state index contributed by atoms with van der Waals surface area (Å²) < 4.78 is 0. The maximum absolute atomic E-state index is 11.2. The van der Waals surface area contributed by atoms with Crippen LogP contribution in [0.2, 0.25) is 5.02 Å². The van der Waals surface area contributed by atoms with Crippen molar-refractivity contribution in [1.82, 2.24) is 0 Å². The number of rotatable bonds is 1. The number of carbonyl (C=O) groups is 1. The van der Waals surface area contributed by atoms with E-state index in [0.717, 1.165) is 0 Å². The Labute approximate surface area is 82.2 Å². The van der Waals surface area contributed by atoms with Gasteiger partial charge in [0.15, 0.2) is 5.78 Å². The summed E-state index contributed by atoms with van der Waals surface area (Å²) in [7, 11) is 0. The van der Waals surface area contributed by atoms with E-state index in [4.69, 9.17) is 11.6 Å². The van der Waals surface area contributed by atoms with Gasteiger partial charge in [-0.3, -0.25) is 4.79 Å². The van der Waals surface area contributed by atoms with E-state index in [1.165, 1.54) is 6.92 Å². The van der Waals surface area contributed by atoms with Crippen LogP contribution in [0.5, 0.6) is 5.75 Å². The molecule has 2 nitrogen and oxygen atoms in total. The normalized spacial score (nSPS) is 10.2. The fourth-order valence-corrected chi connectivity index (χ4v) is 1.55. The molecule has 0 aliphatic rings. The first kappa shape index (κ1) is 10.1. The first-order valence-electron chi connectivity index (χ1n) is 3.94. The van der Waals surface area contributed by atoms with Crippen LogP contribution in [0.3, 0.4) is 0 Å². The van der Waals surface area contributed by atoms with Crippen molar-refractivity contribution in [1.29, 1.82) is 0 Å². The van der Waals surface area contributed by atoms with Gasteiger partial charge in [-0.25, -0.2) is 0 Å². The fraction of sp³-hybridized carbons (Fsp3) is 0.300. The monoisotopic (exact) mass is 198 g/mol. The van der Waals surface area contributed by atoms with Crippen molar-refractivity contribution in [2.24, 2.45) is 0 Å². The number of hydrogen-bond donors (Lipinski definition) is 1. The Morgan fingerprint density at radius 3 is 2.46 bits per heavy atom. The van der Waals surface area contributed by atoms with Gasteiger partial charge in [-0.05, 0) is 38.0 Å². The van der Waals surface area contributed by atoms with Crippen molar-refractivity contribution in [3.8, 4) is 5.75 Å². The third-order valence-corrected chi connectivity index (χ3v) is 2.43. The van der Waals surface area contributed by atoms with Crippen molar-refractivity contribution < 1.29 is 9.90 Å². The summed E-state index contributed by atoms with van der Waals surface area (Å²) >= 11 is 5.87. The smallest absolute Gasteiger partial charge is 0.163 e. The number of aromatic hydroxyl groups is 1. The van der Waals surface area contributed by atoms with E-state index in [2.05, 4.69) is 0 Å². The molecule has 0 bridgehead atoms. The number of aryl methyl sites for hydroxylation is 1. The van der Waals surface area contributed by atoms with E-state index < -0.39 is 0 Å². The molecule has 0 saturated heterocycles. The van der Waals surface area contributed by atoms with Crippen LogP contribution in [0.15, 0.2) is 6.07 Å². The number of hydrogen-bond acceptors (Lipinski definition) is 2. The Hall–Kier alpha value is -1.02. The van der Waals surface area contributed by atoms with Gasteiger partial charge in [0.05, 0.1) is 5.56 Å². The lowest BCUT2D eigenvalue weighted by Gasteiger charge is -2.09. The maximum atomic E-state index is 11.2. The molecule has 1 aromatic rings. The topological polar surface area (TPSA) is 37.3 Å². The predicted octanol–water partition coefficient (Wildman–Crippen LogP) is 2.87. The summed E-state index contributed by atoms with van der Waals surface area (Å²) in [5, 5.41) is 10.1. The van der Waals surface area contributed by atoms with Gasteiger partial charge in [0.1, 0.15) is 5.75 Å². The zero-order valence-electron chi connectivity index (χ0n) is 7.81. The molecular formula is C10H11ClO2. The third-order valence-electron chi connectivity index (χ3n) is 2.04. The summed E-state index contributed by atoms with van der Waals surface area (Å²) in [5.41, 5.74) is 1.59. The van der Waals surface area contributed by atoms with Gasteiger partial charge in [-0.2, -0.15) is 0 Å². The van der Waals surface area contributed by atoms with Crippen LogP contribution in [0.25, 0.3) is 0 Å². The molecule has 0 aliphatic carbocycles. The minimum absolute atomic E-state index is 0.0365. The van der Waals surface area contributed by atoms with Crippen molar-refractivity contribution in [2.75, 3.05) is 0 Å². The van der Waals surface area contributed by atoms with Gasteiger partial charge in [-0.1, -0.05) is 11.6 Å². The Bertz CT molecular complexity index is 343. The van der Waals surface area contributed by atoms with Gasteiger partial charge in [0.25, 0.3) is 0 Å². The second-order valence-corrected chi connectivity index (χ2v) is 3.49. The van der Waals surface area contributed by atoms with Crippen LogP contribution in [-0.4, -0.2) is 10.9 Å². The Kier molecular flexibility index (Phi) is 2.62. The SMILES string of the molecule is CC(=O)c1c(C)c(Cl)cc(C)c1O. The molecule has 70 valence electrons. The number of benzene rings is 1. The molecule has 13 heavy (non-hydrogen) atoms. The molecule has 0 spiro atoms. The lowest BCUT2D eigenvalue weighted by atomic mass is 10.0. The summed E-state index contributed by atoms with van der Waals surface area (Å²) in [6.07, 6.45) is 0. The number of carbonyl (C=O) groups excluding carboxylic acids is 1. The molecule has 0 radical (unpaired) electrons. The molecule has 0 amide bonds. The van der Waals surface area contributed by atoms with E-state index in [0.29, 0.717) is 21.7 Å². The van der Waals surface area contributed by atoms with Crippen molar-refractivity contribution in [3.05, 3.63) is 27.8 Å². The molecule has 3 heteroatoms. The first-order valence-corrected chi connectivity index (χ1v) is 4.32. The second-order valence-electron chi connectivity index (χ2n) is 3.08. The number of Topliss-reactive ketones (excluding diaryl/α,β-unsaturated/α-hetero) is 1. The van der Waals surface area contributed by atoms with Crippen molar-refractivity contribution in [2.45, 2.75) is 20.8 Å². The molecule has 0 atom stereocenters. The highest BCUT2D eigenvalue weighted by Crippen LogP contribution is 2.31. The number of ketones is 1. The minimum atomic E-state index is -0.166. The lowest BCUT2D eigenvalue weighted by molar-refractivity contribution is 0.101. The maximum Gasteiger partial charge on any atom is 0.163 e. The average Bonchev–Trinajstić information content (AvgIpc) is 2.01. The predicted molar refractivity (Wildman–Crippen MR) is 52.6 cm³/mol. The zero-order valence-corrected chi connectivity index (χ0v) is 8.57. The second kappa shape index (κ2) is 3.38. The third kappa shape index (κ3) is 1.68. The molecule has 0 fully saturated rings. The Morgan fingerprint density at radius 2 is 2.00 bits per heavy atom. The van der Waals surface area contributed by atoms with Gasteiger partial charge >= 0.3 is 0 Å². The average molecular weight is 199 g/mol. The number of phenolic OH excluding ortho intramolecular Hbond substituents is 1. The van der Waals surface area contributed by atoms with Gasteiger partial charge in [-0.15, -0.1) is 0 Å².